The molecule has 1 atom stereocenters. The van der Waals surface area contributed by atoms with E-state index < -0.39 is 23.5 Å². The van der Waals surface area contributed by atoms with Crippen LogP contribution in [0.4, 0.5) is 8.78 Å². The number of aromatic nitrogens is 1. The molecular weight excluding hydrogens is 360 g/mol. The topological polar surface area (TPSA) is 59.4 Å². The third kappa shape index (κ3) is 3.72. The van der Waals surface area contributed by atoms with Crippen LogP contribution in [-0.2, 0) is 4.79 Å². The van der Waals surface area contributed by atoms with Crippen LogP contribution < -0.4 is 4.74 Å². The van der Waals surface area contributed by atoms with E-state index in [4.69, 9.17) is 4.74 Å². The Labute approximate surface area is 152 Å². The fraction of sp³-hybridized carbons (Fsp3) is 0.158. The molecule has 0 saturated heterocycles. The SMILES string of the molecule is COc1cc(F)c(-c2cccc(C(CC(=O)O)c3nccs3)c2)cc1F. The summed E-state index contributed by atoms with van der Waals surface area (Å²) in [6.07, 6.45) is 1.47. The fourth-order valence-electron chi connectivity index (χ4n) is 2.76. The minimum atomic E-state index is -0.961. The van der Waals surface area contributed by atoms with Crippen LogP contribution in [0, 0.1) is 11.6 Å². The number of methoxy groups -OCH3 is 1. The number of aliphatic carboxylic acids is 1. The van der Waals surface area contributed by atoms with Crippen LogP contribution in [-0.4, -0.2) is 23.2 Å². The summed E-state index contributed by atoms with van der Waals surface area (Å²) in [5.74, 6) is -2.88. The van der Waals surface area contributed by atoms with Gasteiger partial charge < -0.3 is 9.84 Å². The molecule has 0 aliphatic carbocycles. The van der Waals surface area contributed by atoms with E-state index in [2.05, 4.69) is 4.98 Å². The lowest BCUT2D eigenvalue weighted by atomic mass is 9.93. The lowest BCUT2D eigenvalue weighted by molar-refractivity contribution is -0.137. The number of nitrogens with zero attached hydrogens (tertiary/aromatic N) is 1. The van der Waals surface area contributed by atoms with E-state index in [1.54, 1.807) is 35.8 Å². The lowest BCUT2D eigenvalue weighted by Gasteiger charge is -2.15. The van der Waals surface area contributed by atoms with Crippen molar-refractivity contribution in [3.63, 3.8) is 0 Å². The second kappa shape index (κ2) is 7.61. The number of carboxylic acids is 1. The number of halogens is 2. The molecule has 0 aliphatic heterocycles. The lowest BCUT2D eigenvalue weighted by Crippen LogP contribution is -2.08. The van der Waals surface area contributed by atoms with E-state index >= 15 is 0 Å². The van der Waals surface area contributed by atoms with Gasteiger partial charge in [0.15, 0.2) is 11.6 Å². The average Bonchev–Trinajstić information content (AvgIpc) is 3.15. The van der Waals surface area contributed by atoms with Gasteiger partial charge in [0.05, 0.1) is 13.5 Å². The van der Waals surface area contributed by atoms with E-state index in [0.29, 0.717) is 16.1 Å². The zero-order valence-corrected chi connectivity index (χ0v) is 14.6. The van der Waals surface area contributed by atoms with Crippen molar-refractivity contribution in [3.8, 4) is 16.9 Å². The maximum Gasteiger partial charge on any atom is 0.304 e. The Bertz CT molecular complexity index is 929. The standard InChI is InChI=1S/C19H15F2NO3S/c1-25-17-10-15(20)13(8-16(17)21)11-3-2-4-12(7-11)14(9-18(23)24)19-22-5-6-26-19/h2-8,10,14H,9H2,1H3,(H,23,24). The average molecular weight is 375 g/mol. The predicted molar refractivity (Wildman–Crippen MR) is 94.6 cm³/mol. The summed E-state index contributed by atoms with van der Waals surface area (Å²) in [5, 5.41) is 11.7. The van der Waals surface area contributed by atoms with Gasteiger partial charge >= 0.3 is 5.97 Å². The van der Waals surface area contributed by atoms with Crippen molar-refractivity contribution >= 4 is 17.3 Å². The highest BCUT2D eigenvalue weighted by Gasteiger charge is 2.21. The molecule has 3 rings (SSSR count). The Hall–Kier alpha value is -2.80. The number of hydrogen-bond donors (Lipinski definition) is 1. The van der Waals surface area contributed by atoms with Gasteiger partial charge in [-0.05, 0) is 17.2 Å². The first-order valence-corrected chi connectivity index (χ1v) is 8.62. The molecule has 1 N–H and O–H groups in total. The number of carbonyl (C=O) groups is 1. The molecule has 0 radical (unpaired) electrons. The maximum absolute atomic E-state index is 14.4. The first-order chi connectivity index (χ1) is 12.5. The highest BCUT2D eigenvalue weighted by molar-refractivity contribution is 7.09. The Balaban J connectivity index is 2.05. The van der Waals surface area contributed by atoms with E-state index in [0.717, 1.165) is 12.1 Å². The zero-order chi connectivity index (χ0) is 18.7. The number of thiazole rings is 1. The number of hydrogen-bond acceptors (Lipinski definition) is 4. The Morgan fingerprint density at radius 2 is 2.08 bits per heavy atom. The van der Waals surface area contributed by atoms with Gasteiger partial charge in [-0.3, -0.25) is 4.79 Å². The van der Waals surface area contributed by atoms with Crippen LogP contribution in [0.5, 0.6) is 5.75 Å². The highest BCUT2D eigenvalue weighted by atomic mass is 32.1. The fourth-order valence-corrected chi connectivity index (χ4v) is 3.52. The molecule has 2 aromatic carbocycles. The Morgan fingerprint density at radius 1 is 1.27 bits per heavy atom. The van der Waals surface area contributed by atoms with Crippen LogP contribution in [0.15, 0.2) is 48.0 Å². The van der Waals surface area contributed by atoms with Gasteiger partial charge in [-0.1, -0.05) is 24.3 Å². The normalized spacial score (nSPS) is 12.0. The molecule has 0 fully saturated rings. The zero-order valence-electron chi connectivity index (χ0n) is 13.8. The number of carboxylic acid groups (broad SMARTS) is 1. The molecule has 0 amide bonds. The first kappa shape index (κ1) is 18.0. The second-order valence-corrected chi connectivity index (χ2v) is 6.54. The monoisotopic (exact) mass is 375 g/mol. The summed E-state index contributed by atoms with van der Waals surface area (Å²) < 4.78 is 33.1. The van der Waals surface area contributed by atoms with Gasteiger partial charge in [-0.15, -0.1) is 11.3 Å². The van der Waals surface area contributed by atoms with Crippen molar-refractivity contribution in [1.82, 2.24) is 4.98 Å². The van der Waals surface area contributed by atoms with Crippen LogP contribution in [0.3, 0.4) is 0 Å². The number of ether oxygens (including phenoxy) is 1. The van der Waals surface area contributed by atoms with Crippen molar-refractivity contribution in [1.29, 1.82) is 0 Å². The molecule has 7 heteroatoms. The minimum Gasteiger partial charge on any atom is -0.494 e. The van der Waals surface area contributed by atoms with E-state index in [1.807, 2.05) is 0 Å². The third-order valence-corrected chi connectivity index (χ3v) is 4.86. The summed E-state index contributed by atoms with van der Waals surface area (Å²) in [7, 11) is 1.27. The predicted octanol–water partition coefficient (Wildman–Crippen LogP) is 4.70. The molecule has 3 aromatic rings. The molecule has 0 saturated carbocycles. The van der Waals surface area contributed by atoms with Crippen LogP contribution >= 0.6 is 11.3 Å². The number of benzene rings is 2. The van der Waals surface area contributed by atoms with Crippen molar-refractivity contribution in [2.75, 3.05) is 7.11 Å². The molecule has 1 unspecified atom stereocenters. The molecule has 0 bridgehead atoms. The van der Waals surface area contributed by atoms with E-state index in [1.165, 1.54) is 18.4 Å². The minimum absolute atomic E-state index is 0.0818. The van der Waals surface area contributed by atoms with Crippen LogP contribution in [0.1, 0.15) is 22.9 Å². The summed E-state index contributed by atoms with van der Waals surface area (Å²) in [5.41, 5.74) is 1.21. The first-order valence-electron chi connectivity index (χ1n) is 7.74. The van der Waals surface area contributed by atoms with Crippen molar-refractivity contribution < 1.29 is 23.4 Å². The van der Waals surface area contributed by atoms with Gasteiger partial charge in [-0.25, -0.2) is 13.8 Å². The van der Waals surface area contributed by atoms with Crippen molar-refractivity contribution in [2.45, 2.75) is 12.3 Å². The van der Waals surface area contributed by atoms with Gasteiger partial charge in [0.1, 0.15) is 10.8 Å². The van der Waals surface area contributed by atoms with Gasteiger partial charge in [0.2, 0.25) is 0 Å². The summed E-state index contributed by atoms with van der Waals surface area (Å²) in [4.78, 5) is 15.5. The summed E-state index contributed by atoms with van der Waals surface area (Å²) >= 11 is 1.36. The second-order valence-electron chi connectivity index (χ2n) is 5.61. The maximum atomic E-state index is 14.4. The van der Waals surface area contributed by atoms with Crippen molar-refractivity contribution in [2.24, 2.45) is 0 Å². The third-order valence-electron chi connectivity index (χ3n) is 3.97. The van der Waals surface area contributed by atoms with Crippen molar-refractivity contribution in [3.05, 3.63) is 70.2 Å². The molecule has 4 nitrogen and oxygen atoms in total. The summed E-state index contributed by atoms with van der Waals surface area (Å²) in [6, 6.07) is 8.83. The largest absolute Gasteiger partial charge is 0.494 e. The molecular formula is C19H15F2NO3S. The molecule has 26 heavy (non-hydrogen) atoms. The number of rotatable bonds is 6. The molecule has 0 aliphatic rings. The van der Waals surface area contributed by atoms with Gasteiger partial charge in [-0.2, -0.15) is 0 Å². The molecule has 0 spiro atoms. The quantitative estimate of drug-likeness (QED) is 0.678. The highest BCUT2D eigenvalue weighted by Crippen LogP contribution is 2.34. The van der Waals surface area contributed by atoms with Crippen LogP contribution in [0.25, 0.3) is 11.1 Å². The molecule has 1 heterocycles. The van der Waals surface area contributed by atoms with Gasteiger partial charge in [0, 0.05) is 29.1 Å². The van der Waals surface area contributed by atoms with Gasteiger partial charge in [0.25, 0.3) is 0 Å². The molecule has 1 aromatic heterocycles. The smallest absolute Gasteiger partial charge is 0.304 e. The summed E-state index contributed by atoms with van der Waals surface area (Å²) in [6.45, 7) is 0. The van der Waals surface area contributed by atoms with E-state index in [9.17, 15) is 18.7 Å². The Morgan fingerprint density at radius 3 is 2.73 bits per heavy atom. The Kier molecular flexibility index (Phi) is 5.27. The van der Waals surface area contributed by atoms with E-state index in [-0.39, 0.29) is 17.7 Å². The molecule has 134 valence electrons. The van der Waals surface area contributed by atoms with Crippen LogP contribution in [0.2, 0.25) is 0 Å².